The smallest absolute Gasteiger partial charge is 0.118 e. The van der Waals surface area contributed by atoms with Crippen LogP contribution >= 0.6 is 0 Å². The van der Waals surface area contributed by atoms with Crippen molar-refractivity contribution in [3.05, 3.63) is 36.3 Å². The molecule has 0 spiro atoms. The zero-order valence-electron chi connectivity index (χ0n) is 12.7. The lowest BCUT2D eigenvalue weighted by molar-refractivity contribution is 0.415. The fourth-order valence-electron chi connectivity index (χ4n) is 1.96. The molecule has 0 fully saturated rings. The Morgan fingerprint density at radius 1 is 1.20 bits per heavy atom. The van der Waals surface area contributed by atoms with Crippen LogP contribution in [-0.2, 0) is 6.42 Å². The maximum atomic E-state index is 5.16. The Balaban J connectivity index is 1.97. The van der Waals surface area contributed by atoms with Crippen molar-refractivity contribution in [1.29, 1.82) is 0 Å². The van der Waals surface area contributed by atoms with Gasteiger partial charge in [-0.25, -0.2) is 4.98 Å². The van der Waals surface area contributed by atoms with Gasteiger partial charge in [-0.05, 0) is 50.6 Å². The highest BCUT2D eigenvalue weighted by Gasteiger charge is 2.09. The van der Waals surface area contributed by atoms with Crippen LogP contribution < -0.4 is 10.1 Å². The number of H-pyrrole nitrogens is 1. The van der Waals surface area contributed by atoms with Crippen LogP contribution in [0.25, 0.3) is 11.3 Å². The molecule has 0 radical (unpaired) electrons. The van der Waals surface area contributed by atoms with Crippen molar-refractivity contribution in [3.8, 4) is 17.0 Å². The molecule has 1 heterocycles. The largest absolute Gasteiger partial charge is 0.497 e. The first kappa shape index (κ1) is 14.6. The van der Waals surface area contributed by atoms with E-state index in [9.17, 15) is 0 Å². The van der Waals surface area contributed by atoms with Gasteiger partial charge < -0.3 is 15.0 Å². The van der Waals surface area contributed by atoms with Gasteiger partial charge in [0.05, 0.1) is 19.0 Å². The lowest BCUT2D eigenvalue weighted by Gasteiger charge is -2.19. The van der Waals surface area contributed by atoms with Gasteiger partial charge in [-0.15, -0.1) is 0 Å². The van der Waals surface area contributed by atoms with Crippen LogP contribution in [0.3, 0.4) is 0 Å². The number of hydrogen-bond donors (Lipinski definition) is 2. The highest BCUT2D eigenvalue weighted by molar-refractivity contribution is 5.59. The van der Waals surface area contributed by atoms with Gasteiger partial charge in [-0.3, -0.25) is 0 Å². The Kier molecular flexibility index (Phi) is 4.45. The van der Waals surface area contributed by atoms with Gasteiger partial charge in [0.2, 0.25) is 0 Å². The summed E-state index contributed by atoms with van der Waals surface area (Å²) < 4.78 is 5.16. The molecule has 0 saturated carbocycles. The summed E-state index contributed by atoms with van der Waals surface area (Å²) >= 11 is 0. The molecule has 0 aliphatic carbocycles. The van der Waals surface area contributed by atoms with E-state index in [4.69, 9.17) is 4.74 Å². The molecule has 0 unspecified atom stereocenters. The second-order valence-electron chi connectivity index (χ2n) is 5.90. The third-order valence-corrected chi connectivity index (χ3v) is 3.05. The van der Waals surface area contributed by atoms with Gasteiger partial charge in [0.1, 0.15) is 11.6 Å². The quantitative estimate of drug-likeness (QED) is 0.880. The number of aromatic amines is 1. The van der Waals surface area contributed by atoms with Crippen LogP contribution in [0.15, 0.2) is 30.5 Å². The monoisotopic (exact) mass is 273 g/mol. The number of aromatic nitrogens is 2. The Hall–Kier alpha value is -1.81. The molecule has 0 atom stereocenters. The van der Waals surface area contributed by atoms with Gasteiger partial charge in [-0.2, -0.15) is 0 Å². The normalized spacial score (nSPS) is 11.6. The molecule has 0 aliphatic rings. The highest BCUT2D eigenvalue weighted by Crippen LogP contribution is 2.20. The molecule has 2 aromatic rings. The summed E-state index contributed by atoms with van der Waals surface area (Å²) in [5.74, 6) is 1.87. The first-order valence-corrected chi connectivity index (χ1v) is 6.91. The van der Waals surface area contributed by atoms with Crippen LogP contribution in [0.5, 0.6) is 5.75 Å². The van der Waals surface area contributed by atoms with Crippen LogP contribution in [0.1, 0.15) is 26.6 Å². The van der Waals surface area contributed by atoms with Gasteiger partial charge in [-0.1, -0.05) is 0 Å². The third kappa shape index (κ3) is 4.10. The average Bonchev–Trinajstić information content (AvgIpc) is 2.86. The third-order valence-electron chi connectivity index (χ3n) is 3.05. The van der Waals surface area contributed by atoms with E-state index in [-0.39, 0.29) is 5.54 Å². The second kappa shape index (κ2) is 6.09. The number of nitrogens with zero attached hydrogens (tertiary/aromatic N) is 1. The lowest BCUT2D eigenvalue weighted by Crippen LogP contribution is -2.37. The van der Waals surface area contributed by atoms with Crippen molar-refractivity contribution in [2.75, 3.05) is 13.7 Å². The Labute approximate surface area is 120 Å². The maximum absolute atomic E-state index is 5.16. The number of hydrogen-bond acceptors (Lipinski definition) is 3. The summed E-state index contributed by atoms with van der Waals surface area (Å²) in [6, 6.07) is 7.97. The van der Waals surface area contributed by atoms with E-state index in [0.29, 0.717) is 0 Å². The van der Waals surface area contributed by atoms with Gasteiger partial charge in [0.15, 0.2) is 0 Å². The first-order chi connectivity index (χ1) is 9.48. The molecule has 0 amide bonds. The molecule has 108 valence electrons. The minimum absolute atomic E-state index is 0.144. The van der Waals surface area contributed by atoms with Crippen molar-refractivity contribution in [2.45, 2.75) is 32.7 Å². The fourth-order valence-corrected chi connectivity index (χ4v) is 1.96. The van der Waals surface area contributed by atoms with Crippen molar-refractivity contribution in [1.82, 2.24) is 15.3 Å². The SMILES string of the molecule is COc1ccc(-c2cnc(CCNC(C)(C)C)[nH]2)cc1. The van der Waals surface area contributed by atoms with E-state index in [2.05, 4.69) is 36.1 Å². The summed E-state index contributed by atoms with van der Waals surface area (Å²) in [4.78, 5) is 7.79. The van der Waals surface area contributed by atoms with Crippen molar-refractivity contribution >= 4 is 0 Å². The number of ether oxygens (including phenoxy) is 1. The van der Waals surface area contributed by atoms with Gasteiger partial charge in [0, 0.05) is 18.5 Å². The number of nitrogens with one attached hydrogen (secondary N) is 2. The summed E-state index contributed by atoms with van der Waals surface area (Å²) in [6.07, 6.45) is 2.78. The van der Waals surface area contributed by atoms with E-state index < -0.39 is 0 Å². The molecule has 2 N–H and O–H groups in total. The standard InChI is InChI=1S/C16H23N3O/c1-16(2,3)18-10-9-15-17-11-14(19-15)12-5-7-13(20-4)8-6-12/h5-8,11,18H,9-10H2,1-4H3,(H,17,19). The van der Waals surface area contributed by atoms with E-state index >= 15 is 0 Å². The van der Waals surface area contributed by atoms with E-state index in [1.807, 2.05) is 30.5 Å². The summed E-state index contributed by atoms with van der Waals surface area (Å²) in [5, 5.41) is 3.46. The molecular weight excluding hydrogens is 250 g/mol. The van der Waals surface area contributed by atoms with E-state index in [1.54, 1.807) is 7.11 Å². The number of rotatable bonds is 5. The lowest BCUT2D eigenvalue weighted by atomic mass is 10.1. The van der Waals surface area contributed by atoms with Crippen LogP contribution in [0, 0.1) is 0 Å². The topological polar surface area (TPSA) is 49.9 Å². The Bertz CT molecular complexity index is 538. The summed E-state index contributed by atoms with van der Waals surface area (Å²) in [7, 11) is 1.67. The second-order valence-corrected chi connectivity index (χ2v) is 5.90. The van der Waals surface area contributed by atoms with Crippen LogP contribution in [0.2, 0.25) is 0 Å². The predicted molar refractivity (Wildman–Crippen MR) is 82.0 cm³/mol. The predicted octanol–water partition coefficient (Wildman–Crippen LogP) is 3.02. The van der Waals surface area contributed by atoms with Crippen LogP contribution in [0.4, 0.5) is 0 Å². The fraction of sp³-hybridized carbons (Fsp3) is 0.438. The number of methoxy groups -OCH3 is 1. The summed E-state index contributed by atoms with van der Waals surface area (Å²) in [5.41, 5.74) is 2.30. The van der Waals surface area contributed by atoms with Crippen molar-refractivity contribution < 1.29 is 4.74 Å². The molecule has 4 heteroatoms. The van der Waals surface area contributed by atoms with Crippen molar-refractivity contribution in [2.24, 2.45) is 0 Å². The molecule has 2 rings (SSSR count). The van der Waals surface area contributed by atoms with Gasteiger partial charge >= 0.3 is 0 Å². The Morgan fingerprint density at radius 2 is 1.90 bits per heavy atom. The number of benzene rings is 1. The van der Waals surface area contributed by atoms with E-state index in [1.165, 1.54) is 0 Å². The zero-order valence-corrected chi connectivity index (χ0v) is 12.7. The molecule has 20 heavy (non-hydrogen) atoms. The number of imidazole rings is 1. The zero-order chi connectivity index (χ0) is 14.6. The van der Waals surface area contributed by atoms with Crippen LogP contribution in [-0.4, -0.2) is 29.2 Å². The van der Waals surface area contributed by atoms with E-state index in [0.717, 1.165) is 35.8 Å². The molecule has 0 aliphatic heterocycles. The molecule has 1 aromatic carbocycles. The van der Waals surface area contributed by atoms with Gasteiger partial charge in [0.25, 0.3) is 0 Å². The average molecular weight is 273 g/mol. The minimum Gasteiger partial charge on any atom is -0.497 e. The Morgan fingerprint density at radius 3 is 2.50 bits per heavy atom. The molecular formula is C16H23N3O. The maximum Gasteiger partial charge on any atom is 0.118 e. The highest BCUT2D eigenvalue weighted by atomic mass is 16.5. The first-order valence-electron chi connectivity index (χ1n) is 6.91. The molecule has 1 aromatic heterocycles. The van der Waals surface area contributed by atoms with Crippen molar-refractivity contribution in [3.63, 3.8) is 0 Å². The molecule has 0 saturated heterocycles. The molecule has 4 nitrogen and oxygen atoms in total. The minimum atomic E-state index is 0.144. The summed E-state index contributed by atoms with van der Waals surface area (Å²) in [6.45, 7) is 7.41. The molecule has 0 bridgehead atoms.